The molecule has 2 aliphatic carbocycles. The van der Waals surface area contributed by atoms with Crippen molar-refractivity contribution in [1.82, 2.24) is 15.5 Å². The standard InChI is InChI=1S/C20H35F3N4O/c1-3-28-17-13-16(19(17)8-4-9-19)26-18(24-2)25-10-5-15-6-11-27(12-7-15)14-20(21,22)23/h15-17H,3-14H2,1-2H3,(H2,24,25,26). The van der Waals surface area contributed by atoms with Gasteiger partial charge < -0.3 is 15.4 Å². The minimum Gasteiger partial charge on any atom is -0.378 e. The molecule has 8 heteroatoms. The van der Waals surface area contributed by atoms with E-state index in [0.717, 1.165) is 44.8 Å². The number of nitrogens with one attached hydrogen (secondary N) is 2. The zero-order valence-electron chi connectivity index (χ0n) is 17.2. The van der Waals surface area contributed by atoms with Gasteiger partial charge in [-0.2, -0.15) is 13.2 Å². The average molecular weight is 405 g/mol. The van der Waals surface area contributed by atoms with Crippen molar-refractivity contribution in [2.24, 2.45) is 16.3 Å². The molecule has 2 unspecified atom stereocenters. The lowest BCUT2D eigenvalue weighted by atomic mass is 9.51. The molecule has 0 aromatic heterocycles. The highest BCUT2D eigenvalue weighted by atomic mass is 19.4. The Morgan fingerprint density at radius 3 is 2.50 bits per heavy atom. The van der Waals surface area contributed by atoms with Crippen LogP contribution >= 0.6 is 0 Å². The number of hydrogen-bond donors (Lipinski definition) is 2. The van der Waals surface area contributed by atoms with E-state index in [-0.39, 0.29) is 0 Å². The van der Waals surface area contributed by atoms with Gasteiger partial charge in [0.25, 0.3) is 0 Å². The maximum atomic E-state index is 12.5. The van der Waals surface area contributed by atoms with Crippen molar-refractivity contribution < 1.29 is 17.9 Å². The largest absolute Gasteiger partial charge is 0.401 e. The van der Waals surface area contributed by atoms with Crippen LogP contribution in [-0.4, -0.2) is 69.0 Å². The Morgan fingerprint density at radius 1 is 1.25 bits per heavy atom. The topological polar surface area (TPSA) is 48.9 Å². The fourth-order valence-electron chi connectivity index (χ4n) is 5.08. The maximum Gasteiger partial charge on any atom is 0.401 e. The second-order valence-electron chi connectivity index (χ2n) is 8.59. The van der Waals surface area contributed by atoms with Crippen LogP contribution in [0, 0.1) is 11.3 Å². The molecule has 1 saturated heterocycles. The van der Waals surface area contributed by atoms with Crippen molar-refractivity contribution >= 4 is 5.96 Å². The Bertz CT molecular complexity index is 528. The van der Waals surface area contributed by atoms with Gasteiger partial charge in [-0.25, -0.2) is 0 Å². The third kappa shape index (κ3) is 5.12. The second kappa shape index (κ2) is 9.20. The number of hydrogen-bond acceptors (Lipinski definition) is 3. The predicted octanol–water partition coefficient (Wildman–Crippen LogP) is 3.16. The average Bonchev–Trinajstić information content (AvgIpc) is 2.58. The van der Waals surface area contributed by atoms with Crippen molar-refractivity contribution in [2.45, 2.75) is 70.2 Å². The number of halogens is 3. The molecule has 162 valence electrons. The van der Waals surface area contributed by atoms with E-state index in [1.165, 1.54) is 24.2 Å². The highest BCUT2D eigenvalue weighted by molar-refractivity contribution is 5.80. The highest BCUT2D eigenvalue weighted by Gasteiger charge is 2.59. The van der Waals surface area contributed by atoms with Gasteiger partial charge in [-0.3, -0.25) is 9.89 Å². The molecule has 1 heterocycles. The lowest BCUT2D eigenvalue weighted by molar-refractivity contribution is -0.168. The molecule has 3 rings (SSSR count). The van der Waals surface area contributed by atoms with Crippen molar-refractivity contribution in [3.8, 4) is 0 Å². The zero-order chi connectivity index (χ0) is 20.2. The monoisotopic (exact) mass is 404 g/mol. The van der Waals surface area contributed by atoms with Gasteiger partial charge in [-0.1, -0.05) is 6.42 Å². The first-order chi connectivity index (χ1) is 13.4. The van der Waals surface area contributed by atoms with Gasteiger partial charge in [0, 0.05) is 31.7 Å². The fraction of sp³-hybridized carbons (Fsp3) is 0.950. The number of likely N-dealkylation sites (tertiary alicyclic amines) is 1. The van der Waals surface area contributed by atoms with E-state index in [2.05, 4.69) is 22.5 Å². The Labute approximate surface area is 166 Å². The number of nitrogens with zero attached hydrogens (tertiary/aromatic N) is 2. The van der Waals surface area contributed by atoms with Crippen LogP contribution in [-0.2, 0) is 4.74 Å². The molecule has 5 nitrogen and oxygen atoms in total. The van der Waals surface area contributed by atoms with Crippen LogP contribution < -0.4 is 10.6 Å². The molecule has 0 aromatic carbocycles. The molecule has 3 aliphatic rings. The number of alkyl halides is 3. The molecular formula is C20H35F3N4O. The van der Waals surface area contributed by atoms with E-state index >= 15 is 0 Å². The van der Waals surface area contributed by atoms with Crippen molar-refractivity contribution in [2.75, 3.05) is 39.8 Å². The van der Waals surface area contributed by atoms with E-state index in [9.17, 15) is 13.2 Å². The van der Waals surface area contributed by atoms with E-state index in [4.69, 9.17) is 4.74 Å². The summed E-state index contributed by atoms with van der Waals surface area (Å²) >= 11 is 0. The molecule has 2 atom stereocenters. The maximum absolute atomic E-state index is 12.5. The summed E-state index contributed by atoms with van der Waals surface area (Å²) in [5.41, 5.74) is 0.291. The van der Waals surface area contributed by atoms with Crippen LogP contribution in [0.25, 0.3) is 0 Å². The van der Waals surface area contributed by atoms with Gasteiger partial charge in [-0.05, 0) is 64.5 Å². The summed E-state index contributed by atoms with van der Waals surface area (Å²) in [6.07, 6.45) is 3.70. The number of rotatable bonds is 7. The molecule has 0 radical (unpaired) electrons. The molecule has 3 fully saturated rings. The molecule has 0 amide bonds. The van der Waals surface area contributed by atoms with Crippen molar-refractivity contribution in [3.05, 3.63) is 0 Å². The Hall–Kier alpha value is -1.02. The zero-order valence-corrected chi connectivity index (χ0v) is 17.2. The van der Waals surface area contributed by atoms with E-state index in [1.807, 2.05) is 0 Å². The highest BCUT2D eigenvalue weighted by Crippen LogP contribution is 2.57. The van der Waals surface area contributed by atoms with Crippen molar-refractivity contribution in [3.63, 3.8) is 0 Å². The summed E-state index contributed by atoms with van der Waals surface area (Å²) in [7, 11) is 1.79. The smallest absolute Gasteiger partial charge is 0.378 e. The number of ether oxygens (including phenoxy) is 1. The van der Waals surface area contributed by atoms with Gasteiger partial charge in [-0.15, -0.1) is 0 Å². The Balaban J connectivity index is 1.35. The third-order valence-electron chi connectivity index (χ3n) is 6.93. The van der Waals surface area contributed by atoms with Gasteiger partial charge in [0.05, 0.1) is 12.6 Å². The van der Waals surface area contributed by atoms with Crippen LogP contribution in [0.4, 0.5) is 13.2 Å². The van der Waals surface area contributed by atoms with E-state index < -0.39 is 12.7 Å². The van der Waals surface area contributed by atoms with Crippen LogP contribution in [0.3, 0.4) is 0 Å². The van der Waals surface area contributed by atoms with Gasteiger partial charge in [0.2, 0.25) is 0 Å². The van der Waals surface area contributed by atoms with Crippen LogP contribution in [0.5, 0.6) is 0 Å². The Kier molecular flexibility index (Phi) is 7.12. The molecule has 2 N–H and O–H groups in total. The van der Waals surface area contributed by atoms with E-state index in [0.29, 0.717) is 36.6 Å². The normalized spacial score (nSPS) is 28.7. The summed E-state index contributed by atoms with van der Waals surface area (Å²) in [6.45, 7) is 3.94. The molecular weight excluding hydrogens is 369 g/mol. The second-order valence-corrected chi connectivity index (χ2v) is 8.59. The lowest BCUT2D eigenvalue weighted by Gasteiger charge is -2.61. The first-order valence-electron chi connectivity index (χ1n) is 10.7. The quantitative estimate of drug-likeness (QED) is 0.506. The summed E-state index contributed by atoms with van der Waals surface area (Å²) in [5.74, 6) is 1.32. The predicted molar refractivity (Wildman–Crippen MR) is 104 cm³/mol. The first kappa shape index (κ1) is 21.7. The number of guanidine groups is 1. The minimum atomic E-state index is -4.09. The molecule has 1 aliphatic heterocycles. The van der Waals surface area contributed by atoms with Gasteiger partial charge in [0.1, 0.15) is 0 Å². The van der Waals surface area contributed by atoms with Crippen LogP contribution in [0.2, 0.25) is 0 Å². The summed E-state index contributed by atoms with van der Waals surface area (Å²) in [6, 6.07) is 0.426. The lowest BCUT2D eigenvalue weighted by Crippen LogP contribution is -2.68. The molecule has 2 saturated carbocycles. The molecule has 0 aromatic rings. The van der Waals surface area contributed by atoms with E-state index in [1.54, 1.807) is 7.05 Å². The van der Waals surface area contributed by atoms with Gasteiger partial charge >= 0.3 is 6.18 Å². The third-order valence-corrected chi connectivity index (χ3v) is 6.93. The summed E-state index contributed by atoms with van der Waals surface area (Å²) < 4.78 is 43.3. The first-order valence-corrected chi connectivity index (χ1v) is 10.7. The summed E-state index contributed by atoms with van der Waals surface area (Å²) in [5, 5.41) is 6.98. The number of piperidine rings is 1. The molecule has 1 spiro atoms. The fourth-order valence-corrected chi connectivity index (χ4v) is 5.08. The van der Waals surface area contributed by atoms with Crippen molar-refractivity contribution in [1.29, 1.82) is 0 Å². The molecule has 0 bridgehead atoms. The minimum absolute atomic E-state index is 0.291. The van der Waals surface area contributed by atoms with Crippen LogP contribution in [0.1, 0.15) is 51.9 Å². The Morgan fingerprint density at radius 2 is 1.96 bits per heavy atom. The van der Waals surface area contributed by atoms with Crippen LogP contribution in [0.15, 0.2) is 4.99 Å². The van der Waals surface area contributed by atoms with Gasteiger partial charge in [0.15, 0.2) is 5.96 Å². The molecule has 28 heavy (non-hydrogen) atoms. The summed E-state index contributed by atoms with van der Waals surface area (Å²) in [4.78, 5) is 5.88. The SMILES string of the molecule is CCOC1CC(NC(=NC)NCCC2CCN(CC(F)(F)F)CC2)C12CCC2. The number of aliphatic imine (C=N–C) groups is 1.